The van der Waals surface area contributed by atoms with Crippen LogP contribution in [0.1, 0.15) is 0 Å². The van der Waals surface area contributed by atoms with Crippen molar-refractivity contribution in [3.05, 3.63) is 164 Å². The Bertz CT molecular complexity index is 2850. The first-order chi connectivity index (χ1) is 24.8. The lowest BCUT2D eigenvalue weighted by atomic mass is 9.93. The van der Waals surface area contributed by atoms with Crippen molar-refractivity contribution in [2.24, 2.45) is 0 Å². The van der Waals surface area contributed by atoms with E-state index in [1.807, 2.05) is 85.1 Å². The van der Waals surface area contributed by atoms with E-state index in [0.29, 0.717) is 5.82 Å². The van der Waals surface area contributed by atoms with Gasteiger partial charge in [0.15, 0.2) is 5.82 Å². The third-order valence-electron chi connectivity index (χ3n) is 9.39. The van der Waals surface area contributed by atoms with Crippen molar-refractivity contribution in [3.63, 3.8) is 0 Å². The molecule has 234 valence electrons. The number of pyridine rings is 1. The number of hydrogen-bond donors (Lipinski definition) is 0. The van der Waals surface area contributed by atoms with Crippen LogP contribution in [0, 0.1) is 0 Å². The van der Waals surface area contributed by atoms with Crippen molar-refractivity contribution in [2.75, 3.05) is 0 Å². The number of nitrogens with zero attached hydrogens (tertiary/aromatic N) is 3. The van der Waals surface area contributed by atoms with Crippen LogP contribution in [0.3, 0.4) is 0 Å². The highest BCUT2D eigenvalue weighted by molar-refractivity contribution is 6.21. The highest BCUT2D eigenvalue weighted by Gasteiger charge is 2.22. The van der Waals surface area contributed by atoms with Gasteiger partial charge in [0.2, 0.25) is 0 Å². The summed E-state index contributed by atoms with van der Waals surface area (Å²) >= 11 is 0. The molecule has 0 bridgehead atoms. The first-order valence-electron chi connectivity index (χ1n) is 16.6. The smallest absolute Gasteiger partial charge is 0.160 e. The average Bonchev–Trinajstić information content (AvgIpc) is 3.77. The standard InChI is InChI=1S/C45H27N3O2/c1-2-11-30(12-3-1)45-47-37(29-22-20-28(21-23-29)36-16-8-9-26-46-36)27-38(48-45)33-25-24-32(43-35-14-5-7-18-40(35)50-44(33)43)31-15-10-19-41-42(31)34-13-4-6-17-39(34)49-41/h1-27H. The SMILES string of the molecule is c1ccc(-c2nc(-c3ccc(-c4ccccn4)cc3)cc(-c3ccc(-c4cccc5oc6ccccc6c45)c4c3oc3ccccc34)n2)cc1. The van der Waals surface area contributed by atoms with Gasteiger partial charge in [0.25, 0.3) is 0 Å². The van der Waals surface area contributed by atoms with E-state index in [2.05, 4.69) is 83.8 Å². The summed E-state index contributed by atoms with van der Waals surface area (Å²) in [5.74, 6) is 0.648. The molecule has 6 aromatic carbocycles. The van der Waals surface area contributed by atoms with Crippen LogP contribution in [0.2, 0.25) is 0 Å². The van der Waals surface area contributed by atoms with Gasteiger partial charge in [-0.1, -0.05) is 115 Å². The Balaban J connectivity index is 1.21. The van der Waals surface area contributed by atoms with E-state index >= 15 is 0 Å². The second-order valence-electron chi connectivity index (χ2n) is 12.4. The maximum atomic E-state index is 6.75. The fourth-order valence-electron chi connectivity index (χ4n) is 7.05. The average molecular weight is 642 g/mol. The lowest BCUT2D eigenvalue weighted by molar-refractivity contribution is 0.668. The number of benzene rings is 6. The van der Waals surface area contributed by atoms with Crippen LogP contribution in [0.25, 0.3) is 100 Å². The van der Waals surface area contributed by atoms with Crippen molar-refractivity contribution >= 4 is 43.9 Å². The summed E-state index contributed by atoms with van der Waals surface area (Å²) in [6.07, 6.45) is 1.81. The third kappa shape index (κ3) is 4.60. The predicted molar refractivity (Wildman–Crippen MR) is 202 cm³/mol. The van der Waals surface area contributed by atoms with Crippen LogP contribution in [0.4, 0.5) is 0 Å². The minimum Gasteiger partial charge on any atom is -0.456 e. The Morgan fingerprint density at radius 1 is 0.380 bits per heavy atom. The van der Waals surface area contributed by atoms with Crippen LogP contribution in [0.5, 0.6) is 0 Å². The number of aromatic nitrogens is 3. The summed E-state index contributed by atoms with van der Waals surface area (Å²) in [5.41, 5.74) is 11.9. The zero-order chi connectivity index (χ0) is 33.0. The van der Waals surface area contributed by atoms with Crippen LogP contribution in [-0.4, -0.2) is 15.0 Å². The van der Waals surface area contributed by atoms with Crippen molar-refractivity contribution < 1.29 is 8.83 Å². The Labute approximate surface area is 287 Å². The van der Waals surface area contributed by atoms with Crippen LogP contribution >= 0.6 is 0 Å². The van der Waals surface area contributed by atoms with E-state index in [1.54, 1.807) is 0 Å². The largest absolute Gasteiger partial charge is 0.456 e. The molecule has 5 nitrogen and oxygen atoms in total. The molecule has 4 heterocycles. The van der Waals surface area contributed by atoms with Gasteiger partial charge in [-0.15, -0.1) is 0 Å². The summed E-state index contributed by atoms with van der Waals surface area (Å²) in [4.78, 5) is 14.8. The monoisotopic (exact) mass is 641 g/mol. The number of fused-ring (bicyclic) bond motifs is 6. The molecule has 0 saturated carbocycles. The molecule has 0 spiro atoms. The van der Waals surface area contributed by atoms with Gasteiger partial charge in [-0.2, -0.15) is 0 Å². The van der Waals surface area contributed by atoms with Gasteiger partial charge in [-0.3, -0.25) is 4.98 Å². The lowest BCUT2D eigenvalue weighted by Gasteiger charge is -2.12. The molecule has 10 rings (SSSR count). The lowest BCUT2D eigenvalue weighted by Crippen LogP contribution is -1.96. The topological polar surface area (TPSA) is 65.0 Å². The molecule has 0 aliphatic carbocycles. The maximum absolute atomic E-state index is 6.75. The summed E-state index contributed by atoms with van der Waals surface area (Å²) < 4.78 is 13.0. The Hall–Kier alpha value is -6.85. The molecule has 0 N–H and O–H groups in total. The van der Waals surface area contributed by atoms with E-state index in [4.69, 9.17) is 18.8 Å². The highest BCUT2D eigenvalue weighted by atomic mass is 16.3. The Kier molecular flexibility index (Phi) is 6.42. The molecule has 0 saturated heterocycles. The molecule has 0 unspecified atom stereocenters. The second-order valence-corrected chi connectivity index (χ2v) is 12.4. The maximum Gasteiger partial charge on any atom is 0.160 e. The van der Waals surface area contributed by atoms with Crippen molar-refractivity contribution in [2.45, 2.75) is 0 Å². The predicted octanol–water partition coefficient (Wildman–Crippen LogP) is 12.0. The van der Waals surface area contributed by atoms with Gasteiger partial charge in [-0.25, -0.2) is 9.97 Å². The molecular formula is C45H27N3O2. The minimum atomic E-state index is 0.648. The molecule has 5 heteroatoms. The third-order valence-corrected chi connectivity index (χ3v) is 9.39. The van der Waals surface area contributed by atoms with E-state index < -0.39 is 0 Å². The molecule has 4 aromatic heterocycles. The van der Waals surface area contributed by atoms with Gasteiger partial charge < -0.3 is 8.83 Å². The Morgan fingerprint density at radius 2 is 1.00 bits per heavy atom. The summed E-state index contributed by atoms with van der Waals surface area (Å²) in [6.45, 7) is 0. The van der Waals surface area contributed by atoms with Gasteiger partial charge >= 0.3 is 0 Å². The fourth-order valence-corrected chi connectivity index (χ4v) is 7.05. The summed E-state index contributed by atoms with van der Waals surface area (Å²) in [7, 11) is 0. The minimum absolute atomic E-state index is 0.648. The second kappa shape index (κ2) is 11.4. The van der Waals surface area contributed by atoms with Gasteiger partial charge in [0, 0.05) is 50.0 Å². The first-order valence-corrected chi connectivity index (χ1v) is 16.6. The van der Waals surface area contributed by atoms with Gasteiger partial charge in [0.1, 0.15) is 22.3 Å². The molecule has 50 heavy (non-hydrogen) atoms. The van der Waals surface area contributed by atoms with E-state index in [0.717, 1.165) is 94.3 Å². The van der Waals surface area contributed by atoms with Crippen LogP contribution < -0.4 is 0 Å². The molecule has 0 fully saturated rings. The number of rotatable bonds is 5. The van der Waals surface area contributed by atoms with Crippen molar-refractivity contribution in [1.29, 1.82) is 0 Å². The zero-order valence-electron chi connectivity index (χ0n) is 26.7. The summed E-state index contributed by atoms with van der Waals surface area (Å²) in [6, 6.07) is 53.6. The normalized spacial score (nSPS) is 11.6. The van der Waals surface area contributed by atoms with E-state index in [1.165, 1.54) is 0 Å². The molecule has 10 aromatic rings. The molecular weight excluding hydrogens is 615 g/mol. The fraction of sp³-hybridized carbons (Fsp3) is 0. The number of furan rings is 2. The molecule has 0 aliphatic heterocycles. The Morgan fingerprint density at radius 3 is 1.78 bits per heavy atom. The molecule has 0 aliphatic rings. The van der Waals surface area contributed by atoms with Crippen LogP contribution in [-0.2, 0) is 0 Å². The summed E-state index contributed by atoms with van der Waals surface area (Å²) in [5, 5.41) is 4.27. The molecule has 0 amide bonds. The number of para-hydroxylation sites is 2. The van der Waals surface area contributed by atoms with Gasteiger partial charge in [0.05, 0.1) is 17.1 Å². The molecule has 0 atom stereocenters. The van der Waals surface area contributed by atoms with E-state index in [-0.39, 0.29) is 0 Å². The van der Waals surface area contributed by atoms with E-state index in [9.17, 15) is 0 Å². The quantitative estimate of drug-likeness (QED) is 0.187. The van der Waals surface area contributed by atoms with Crippen LogP contribution in [0.15, 0.2) is 173 Å². The molecule has 0 radical (unpaired) electrons. The zero-order valence-corrected chi connectivity index (χ0v) is 26.7. The van der Waals surface area contributed by atoms with Gasteiger partial charge in [-0.05, 0) is 53.6 Å². The number of hydrogen-bond acceptors (Lipinski definition) is 5. The first kappa shape index (κ1) is 28.2. The van der Waals surface area contributed by atoms with Crippen molar-refractivity contribution in [3.8, 4) is 56.3 Å². The van der Waals surface area contributed by atoms with Crippen molar-refractivity contribution in [1.82, 2.24) is 15.0 Å². The highest BCUT2D eigenvalue weighted by Crippen LogP contribution is 2.45.